The lowest BCUT2D eigenvalue weighted by molar-refractivity contribution is -0.152. The molecule has 2 aromatic carbocycles. The molecule has 32 heavy (non-hydrogen) atoms. The van der Waals surface area contributed by atoms with Crippen LogP contribution in [0.5, 0.6) is 5.75 Å². The van der Waals surface area contributed by atoms with Crippen molar-refractivity contribution in [2.75, 3.05) is 11.9 Å². The predicted octanol–water partition coefficient (Wildman–Crippen LogP) is 1.73. The molecule has 0 bridgehead atoms. The normalized spacial score (nSPS) is 17.1. The first kappa shape index (κ1) is 22.5. The van der Waals surface area contributed by atoms with Crippen LogP contribution in [-0.4, -0.2) is 46.6 Å². The Kier molecular flexibility index (Phi) is 6.53. The van der Waals surface area contributed by atoms with Gasteiger partial charge in [0.15, 0.2) is 12.4 Å². The van der Waals surface area contributed by atoms with Crippen LogP contribution in [0.15, 0.2) is 53.7 Å². The van der Waals surface area contributed by atoms with Crippen LogP contribution in [0.25, 0.3) is 0 Å². The van der Waals surface area contributed by atoms with Crippen LogP contribution in [0.4, 0.5) is 5.69 Å². The number of aliphatic carboxylic acids is 1. The van der Waals surface area contributed by atoms with Gasteiger partial charge in [-0.1, -0.05) is 5.16 Å². The van der Waals surface area contributed by atoms with Gasteiger partial charge in [0, 0.05) is 17.7 Å². The molecule has 1 atom stereocenters. The number of Topliss-reactive ketones (excluding diaryl/α,β-unsaturated/α-hetero) is 1. The molecule has 0 unspecified atom stereocenters. The predicted molar refractivity (Wildman–Crippen MR) is 113 cm³/mol. The number of benzene rings is 2. The van der Waals surface area contributed by atoms with Crippen molar-refractivity contribution in [1.29, 1.82) is 0 Å². The van der Waals surface area contributed by atoms with Gasteiger partial charge in [0.1, 0.15) is 5.75 Å². The highest BCUT2D eigenvalue weighted by Crippen LogP contribution is 2.32. The Hall–Kier alpha value is -4.21. The number of nitrogens with one attached hydrogen (secondary N) is 1. The molecule has 0 radical (unpaired) electrons. The van der Waals surface area contributed by atoms with E-state index in [-0.39, 0.29) is 18.8 Å². The van der Waals surface area contributed by atoms with E-state index in [9.17, 15) is 24.3 Å². The van der Waals surface area contributed by atoms with Crippen molar-refractivity contribution in [3.05, 3.63) is 59.7 Å². The summed E-state index contributed by atoms with van der Waals surface area (Å²) in [6.07, 6.45) is -0.671. The van der Waals surface area contributed by atoms with E-state index in [0.29, 0.717) is 28.3 Å². The Balaban J connectivity index is 1.74. The average molecular weight is 439 g/mol. The van der Waals surface area contributed by atoms with E-state index in [2.05, 4.69) is 10.5 Å². The number of hydrogen-bond donors (Lipinski definition) is 3. The van der Waals surface area contributed by atoms with Crippen molar-refractivity contribution in [1.82, 2.24) is 0 Å². The number of carbonyl (C=O) groups is 4. The number of hydrogen-bond acceptors (Lipinski definition) is 7. The van der Waals surface area contributed by atoms with Crippen molar-refractivity contribution in [3.63, 3.8) is 0 Å². The fourth-order valence-electron chi connectivity index (χ4n) is 3.10. The largest absolute Gasteiger partial charge is 0.484 e. The van der Waals surface area contributed by atoms with Crippen LogP contribution in [-0.2, 0) is 19.2 Å². The molecule has 0 aromatic heterocycles. The maximum atomic E-state index is 13.0. The number of ketones is 1. The topological polar surface area (TPSA) is 157 Å². The molecule has 0 spiro atoms. The molecule has 1 aliphatic heterocycles. The van der Waals surface area contributed by atoms with Crippen molar-refractivity contribution in [2.45, 2.75) is 25.4 Å². The SMILES string of the molecule is CC(=O)c1ccc(NC(=O)[C@]2(CC(=O)O)CC(c3ccc(OCC(N)=O)cc3)=NO2)cc1. The molecule has 10 nitrogen and oxygen atoms in total. The quantitative estimate of drug-likeness (QED) is 0.502. The zero-order chi connectivity index (χ0) is 23.3. The summed E-state index contributed by atoms with van der Waals surface area (Å²) >= 11 is 0. The Morgan fingerprint density at radius 3 is 2.34 bits per heavy atom. The summed E-state index contributed by atoms with van der Waals surface area (Å²) in [6, 6.07) is 12.7. The third-order valence-electron chi connectivity index (χ3n) is 4.75. The molecule has 166 valence electrons. The number of ether oxygens (including phenoxy) is 1. The number of nitrogens with two attached hydrogens (primary N) is 1. The number of anilines is 1. The summed E-state index contributed by atoms with van der Waals surface area (Å²) in [5, 5.41) is 15.9. The molecule has 0 aliphatic carbocycles. The second-order valence-corrected chi connectivity index (χ2v) is 7.24. The van der Waals surface area contributed by atoms with Gasteiger partial charge in [-0.05, 0) is 61.0 Å². The second-order valence-electron chi connectivity index (χ2n) is 7.24. The van der Waals surface area contributed by atoms with Gasteiger partial charge in [0.25, 0.3) is 11.8 Å². The minimum atomic E-state index is -1.73. The summed E-state index contributed by atoms with van der Waals surface area (Å²) in [4.78, 5) is 52.0. The number of rotatable bonds is 9. The number of carbonyl (C=O) groups excluding carboxylic acids is 3. The Morgan fingerprint density at radius 2 is 1.78 bits per heavy atom. The average Bonchev–Trinajstić information content (AvgIpc) is 3.17. The van der Waals surface area contributed by atoms with Crippen LogP contribution >= 0.6 is 0 Å². The van der Waals surface area contributed by atoms with E-state index in [1.54, 1.807) is 48.5 Å². The van der Waals surface area contributed by atoms with Crippen molar-refractivity contribution >= 4 is 35.0 Å². The van der Waals surface area contributed by atoms with E-state index in [0.717, 1.165) is 0 Å². The molecule has 1 heterocycles. The lowest BCUT2D eigenvalue weighted by Gasteiger charge is -2.23. The molecule has 0 fully saturated rings. The molecule has 4 N–H and O–H groups in total. The monoisotopic (exact) mass is 439 g/mol. The second kappa shape index (κ2) is 9.29. The van der Waals surface area contributed by atoms with Gasteiger partial charge in [-0.2, -0.15) is 0 Å². The van der Waals surface area contributed by atoms with Crippen LogP contribution in [0.3, 0.4) is 0 Å². The van der Waals surface area contributed by atoms with Crippen molar-refractivity contribution in [2.24, 2.45) is 10.9 Å². The van der Waals surface area contributed by atoms with Gasteiger partial charge in [-0.3, -0.25) is 19.2 Å². The van der Waals surface area contributed by atoms with E-state index in [1.165, 1.54) is 6.92 Å². The fraction of sp³-hybridized carbons (Fsp3) is 0.227. The Bertz CT molecular complexity index is 1080. The molecule has 1 aliphatic rings. The number of carboxylic acids is 1. The zero-order valence-electron chi connectivity index (χ0n) is 17.2. The van der Waals surface area contributed by atoms with Crippen LogP contribution in [0.1, 0.15) is 35.7 Å². The first-order valence-electron chi connectivity index (χ1n) is 9.59. The smallest absolute Gasteiger partial charge is 0.308 e. The minimum Gasteiger partial charge on any atom is -0.484 e. The van der Waals surface area contributed by atoms with E-state index in [1.807, 2.05) is 0 Å². The minimum absolute atomic E-state index is 0.0713. The number of carboxylic acid groups (broad SMARTS) is 1. The first-order chi connectivity index (χ1) is 15.2. The Labute approximate surface area is 183 Å². The van der Waals surface area contributed by atoms with Gasteiger partial charge in [-0.15, -0.1) is 0 Å². The maximum absolute atomic E-state index is 13.0. The van der Waals surface area contributed by atoms with Gasteiger partial charge in [0.05, 0.1) is 12.1 Å². The van der Waals surface area contributed by atoms with E-state index < -0.39 is 29.8 Å². The zero-order valence-corrected chi connectivity index (χ0v) is 17.2. The lowest BCUT2D eigenvalue weighted by Crippen LogP contribution is -2.45. The molecular formula is C22H21N3O7. The highest BCUT2D eigenvalue weighted by atomic mass is 16.7. The van der Waals surface area contributed by atoms with E-state index >= 15 is 0 Å². The van der Waals surface area contributed by atoms with Gasteiger partial charge in [-0.25, -0.2) is 0 Å². The van der Waals surface area contributed by atoms with Crippen molar-refractivity contribution < 1.29 is 33.9 Å². The number of oxime groups is 1. The standard InChI is InChI=1S/C22H21N3O7/c1-13(26)14-2-6-16(7-3-14)24-21(30)22(11-20(28)29)10-18(25-32-22)15-4-8-17(9-5-15)31-12-19(23)27/h2-9H,10-12H2,1H3,(H2,23,27)(H,24,30)(H,28,29)/t22-/m1/s1. The third-order valence-corrected chi connectivity index (χ3v) is 4.75. The fourth-order valence-corrected chi connectivity index (χ4v) is 3.10. The maximum Gasteiger partial charge on any atom is 0.308 e. The molecule has 3 rings (SSSR count). The summed E-state index contributed by atoms with van der Waals surface area (Å²) in [5.41, 5.74) is 5.16. The molecule has 2 aromatic rings. The van der Waals surface area contributed by atoms with Gasteiger partial charge in [0.2, 0.25) is 5.60 Å². The highest BCUT2D eigenvalue weighted by Gasteiger charge is 2.48. The van der Waals surface area contributed by atoms with Crippen LogP contribution in [0.2, 0.25) is 0 Å². The van der Waals surface area contributed by atoms with E-state index in [4.69, 9.17) is 15.3 Å². The third kappa shape index (κ3) is 5.28. The Morgan fingerprint density at radius 1 is 1.12 bits per heavy atom. The molecule has 0 saturated heterocycles. The summed E-state index contributed by atoms with van der Waals surface area (Å²) < 4.78 is 5.20. The molecular weight excluding hydrogens is 418 g/mol. The van der Waals surface area contributed by atoms with Crippen molar-refractivity contribution in [3.8, 4) is 5.75 Å². The number of primary amides is 1. The molecule has 0 saturated carbocycles. The number of nitrogens with zero attached hydrogens (tertiary/aromatic N) is 1. The van der Waals surface area contributed by atoms with Gasteiger partial charge < -0.3 is 25.7 Å². The first-order valence-corrected chi connectivity index (χ1v) is 9.59. The summed E-state index contributed by atoms with van der Waals surface area (Å²) in [7, 11) is 0. The van der Waals surface area contributed by atoms with Crippen LogP contribution in [0, 0.1) is 0 Å². The van der Waals surface area contributed by atoms with Crippen LogP contribution < -0.4 is 15.8 Å². The molecule has 10 heteroatoms. The highest BCUT2D eigenvalue weighted by molar-refractivity contribution is 6.09. The van der Waals surface area contributed by atoms with Gasteiger partial charge >= 0.3 is 5.97 Å². The molecule has 2 amide bonds. The summed E-state index contributed by atoms with van der Waals surface area (Å²) in [6.45, 7) is 1.16. The number of amides is 2. The summed E-state index contributed by atoms with van der Waals surface area (Å²) in [5.74, 6) is -2.21. The lowest BCUT2D eigenvalue weighted by atomic mass is 9.90.